The van der Waals surface area contributed by atoms with Crippen molar-refractivity contribution >= 4 is 43.7 Å². The maximum Gasteiger partial charge on any atom is 0.164 e. The highest BCUT2D eigenvalue weighted by molar-refractivity contribution is 6.15. The Hall–Kier alpha value is -6.85. The first-order valence-corrected chi connectivity index (χ1v) is 17.6. The summed E-state index contributed by atoms with van der Waals surface area (Å²) >= 11 is 0. The highest BCUT2D eigenvalue weighted by atomic mass is 16.3. The molecule has 250 valence electrons. The van der Waals surface area contributed by atoms with Gasteiger partial charge in [0.15, 0.2) is 17.5 Å². The number of fused-ring (bicyclic) bond motifs is 9. The van der Waals surface area contributed by atoms with Gasteiger partial charge in [-0.15, -0.1) is 0 Å². The molecule has 1 aliphatic rings. The molecule has 0 aliphatic heterocycles. The summed E-state index contributed by atoms with van der Waals surface area (Å²) in [6.45, 7) is 4.61. The van der Waals surface area contributed by atoms with Crippen molar-refractivity contribution in [2.24, 2.45) is 0 Å². The van der Waals surface area contributed by atoms with Gasteiger partial charge in [-0.3, -0.25) is 0 Å². The van der Waals surface area contributed by atoms with E-state index in [-0.39, 0.29) is 34.7 Å². The van der Waals surface area contributed by atoms with Crippen LogP contribution in [0.2, 0.25) is 0 Å². The molecule has 0 saturated carbocycles. The molecule has 7 aromatic carbocycles. The third kappa shape index (κ3) is 4.40. The van der Waals surface area contributed by atoms with Crippen molar-refractivity contribution < 1.29 is 11.3 Å². The summed E-state index contributed by atoms with van der Waals surface area (Å²) in [7, 11) is 0. The molecular weight excluding hydrogens is 649 g/mol. The highest BCUT2D eigenvalue weighted by Crippen LogP contribution is 2.51. The van der Waals surface area contributed by atoms with Gasteiger partial charge in [-0.1, -0.05) is 129 Å². The molecule has 0 amide bonds. The van der Waals surface area contributed by atoms with E-state index in [0.29, 0.717) is 22.5 Å². The first-order chi connectivity index (χ1) is 28.1. The Labute approximate surface area is 312 Å². The van der Waals surface area contributed by atoms with E-state index < -0.39 is 18.1 Å². The minimum atomic E-state index is -0.481. The standard InChI is InChI=1S/C48H32N4O/c1-48(2)37-20-11-9-18-32(37)35-27-36-33-19-10-12-21-39(33)52(41(36)28-38(35)48)40-22-13-23-42-44(40)34-25-24-31(26-43(34)53-42)47-50-45(29-14-5-3-6-15-29)49-46(51-47)30-16-7-4-8-17-30/h3-28H,1-2H3/i3D,5D,6D,14D,15D. The van der Waals surface area contributed by atoms with Gasteiger partial charge in [-0.2, -0.15) is 0 Å². The predicted molar refractivity (Wildman–Crippen MR) is 215 cm³/mol. The Morgan fingerprint density at radius 1 is 0.528 bits per heavy atom. The van der Waals surface area contributed by atoms with E-state index in [2.05, 4.69) is 90.1 Å². The third-order valence-electron chi connectivity index (χ3n) is 10.7. The third-order valence-corrected chi connectivity index (χ3v) is 10.7. The van der Waals surface area contributed by atoms with Crippen molar-refractivity contribution in [3.8, 4) is 51.0 Å². The maximum atomic E-state index is 8.67. The summed E-state index contributed by atoms with van der Waals surface area (Å²) in [5, 5.41) is 4.24. The molecule has 0 bridgehead atoms. The minimum Gasteiger partial charge on any atom is -0.456 e. The lowest BCUT2D eigenvalue weighted by molar-refractivity contribution is 0.661. The van der Waals surface area contributed by atoms with Crippen molar-refractivity contribution in [2.75, 3.05) is 0 Å². The van der Waals surface area contributed by atoms with Gasteiger partial charge in [0.05, 0.1) is 29.0 Å². The van der Waals surface area contributed by atoms with Crippen LogP contribution in [0.5, 0.6) is 0 Å². The molecule has 0 N–H and O–H groups in total. The topological polar surface area (TPSA) is 56.7 Å². The second kappa shape index (κ2) is 11.1. The second-order valence-corrected chi connectivity index (χ2v) is 14.1. The molecule has 0 fully saturated rings. The molecule has 0 radical (unpaired) electrons. The van der Waals surface area contributed by atoms with E-state index in [0.717, 1.165) is 33.1 Å². The van der Waals surface area contributed by atoms with Crippen molar-refractivity contribution in [1.29, 1.82) is 0 Å². The Balaban J connectivity index is 1.12. The van der Waals surface area contributed by atoms with E-state index in [9.17, 15) is 0 Å². The van der Waals surface area contributed by atoms with Crippen molar-refractivity contribution in [1.82, 2.24) is 19.5 Å². The number of benzene rings is 7. The summed E-state index contributed by atoms with van der Waals surface area (Å²) in [5.74, 6) is 0.568. The molecule has 3 aromatic heterocycles. The zero-order valence-corrected chi connectivity index (χ0v) is 28.8. The molecule has 0 atom stereocenters. The average molecular weight is 686 g/mol. The normalized spacial score (nSPS) is 14.6. The largest absolute Gasteiger partial charge is 0.456 e. The van der Waals surface area contributed by atoms with Crippen molar-refractivity contribution in [2.45, 2.75) is 19.3 Å². The molecule has 0 spiro atoms. The fraction of sp³-hybridized carbons (Fsp3) is 0.0625. The molecule has 0 unspecified atom stereocenters. The number of rotatable bonds is 4. The van der Waals surface area contributed by atoms with Crippen LogP contribution in [0.25, 0.3) is 94.7 Å². The zero-order valence-electron chi connectivity index (χ0n) is 33.8. The van der Waals surface area contributed by atoms with E-state index in [4.69, 9.17) is 21.2 Å². The Morgan fingerprint density at radius 2 is 1.26 bits per heavy atom. The lowest BCUT2D eigenvalue weighted by Crippen LogP contribution is -2.14. The Kier molecular flexibility index (Phi) is 5.26. The summed E-state index contributed by atoms with van der Waals surface area (Å²) in [4.78, 5) is 14.2. The van der Waals surface area contributed by atoms with Crippen LogP contribution in [0.4, 0.5) is 0 Å². The Bertz CT molecular complexity index is 3360. The second-order valence-electron chi connectivity index (χ2n) is 14.1. The fourth-order valence-electron chi connectivity index (χ4n) is 8.25. The number of nitrogens with zero attached hydrogens (tertiary/aromatic N) is 4. The molecule has 5 heteroatoms. The van der Waals surface area contributed by atoms with Gasteiger partial charge in [0.25, 0.3) is 0 Å². The van der Waals surface area contributed by atoms with Crippen LogP contribution >= 0.6 is 0 Å². The quantitative estimate of drug-likeness (QED) is 0.185. The van der Waals surface area contributed by atoms with Gasteiger partial charge in [0.1, 0.15) is 11.2 Å². The van der Waals surface area contributed by atoms with Gasteiger partial charge >= 0.3 is 0 Å². The summed E-state index contributed by atoms with van der Waals surface area (Å²) in [6.07, 6.45) is 0. The molecule has 0 saturated heterocycles. The van der Waals surface area contributed by atoms with Crippen molar-refractivity contribution in [3.05, 3.63) is 169 Å². The van der Waals surface area contributed by atoms with E-state index in [1.54, 1.807) is 0 Å². The van der Waals surface area contributed by atoms with Crippen LogP contribution in [0.1, 0.15) is 31.8 Å². The lowest BCUT2D eigenvalue weighted by Gasteiger charge is -2.21. The van der Waals surface area contributed by atoms with Gasteiger partial charge in [-0.05, 0) is 64.7 Å². The molecular formula is C48H32N4O. The number of hydrogen-bond acceptors (Lipinski definition) is 4. The van der Waals surface area contributed by atoms with Crippen LogP contribution in [0.3, 0.4) is 0 Å². The van der Waals surface area contributed by atoms with Gasteiger partial charge in [-0.25, -0.2) is 15.0 Å². The summed E-state index contributed by atoms with van der Waals surface area (Å²) in [5.41, 5.74) is 10.8. The Morgan fingerprint density at radius 3 is 2.11 bits per heavy atom. The summed E-state index contributed by atoms with van der Waals surface area (Å²) in [6, 6.07) is 41.2. The summed E-state index contributed by atoms with van der Waals surface area (Å²) < 4.78 is 51.1. The van der Waals surface area contributed by atoms with Crippen molar-refractivity contribution in [3.63, 3.8) is 0 Å². The smallest absolute Gasteiger partial charge is 0.164 e. The molecule has 5 nitrogen and oxygen atoms in total. The highest BCUT2D eigenvalue weighted by Gasteiger charge is 2.36. The number of furan rings is 1. The molecule has 1 aliphatic carbocycles. The molecule has 3 heterocycles. The first-order valence-electron chi connectivity index (χ1n) is 20.1. The van der Waals surface area contributed by atoms with Crippen LogP contribution in [0.15, 0.2) is 162 Å². The average Bonchev–Trinajstić information content (AvgIpc) is 3.86. The van der Waals surface area contributed by atoms with E-state index >= 15 is 0 Å². The first kappa shape index (κ1) is 25.2. The number of para-hydroxylation sites is 1. The van der Waals surface area contributed by atoms with Crippen LogP contribution in [-0.4, -0.2) is 19.5 Å². The zero-order chi connectivity index (χ0) is 39.6. The van der Waals surface area contributed by atoms with Crippen LogP contribution in [0, 0.1) is 0 Å². The van der Waals surface area contributed by atoms with Gasteiger partial charge < -0.3 is 8.98 Å². The number of aromatic nitrogens is 4. The van der Waals surface area contributed by atoms with E-state index in [1.165, 1.54) is 33.0 Å². The molecule has 53 heavy (non-hydrogen) atoms. The van der Waals surface area contributed by atoms with Gasteiger partial charge in [0, 0.05) is 38.3 Å². The molecule has 11 rings (SSSR count). The van der Waals surface area contributed by atoms with E-state index in [1.807, 2.05) is 60.7 Å². The fourth-order valence-corrected chi connectivity index (χ4v) is 8.25. The van der Waals surface area contributed by atoms with Crippen LogP contribution in [-0.2, 0) is 5.41 Å². The van der Waals surface area contributed by atoms with Gasteiger partial charge in [0.2, 0.25) is 0 Å². The maximum absolute atomic E-state index is 8.67. The molecule has 10 aromatic rings. The number of hydrogen-bond donors (Lipinski definition) is 0. The monoisotopic (exact) mass is 685 g/mol. The lowest BCUT2D eigenvalue weighted by atomic mass is 9.82. The van der Waals surface area contributed by atoms with Crippen LogP contribution < -0.4 is 0 Å². The SMILES string of the molecule is [2H]c1c([2H])c([2H])c(-c2nc(-c3ccccc3)nc(-c3ccc4c(c3)oc3cccc(-n5c6ccccc6c6cc7c(cc65)C(C)(C)c5ccccc5-7)c34)n2)c([2H])c1[2H]. The predicted octanol–water partition coefficient (Wildman–Crippen LogP) is 12.2. The minimum absolute atomic E-state index is 0.0167.